The van der Waals surface area contributed by atoms with Crippen LogP contribution in [0.2, 0.25) is 54.4 Å². The predicted octanol–water partition coefficient (Wildman–Crippen LogP) is 14.9. The Bertz CT molecular complexity index is 1340. The highest BCUT2D eigenvalue weighted by atomic mass is 32.2. The molecule has 0 aromatic rings. The van der Waals surface area contributed by atoms with Crippen molar-refractivity contribution in [2.45, 2.75) is 220 Å². The second kappa shape index (κ2) is 16.8. The Balaban J connectivity index is 1.50. The van der Waals surface area contributed by atoms with Crippen molar-refractivity contribution in [3.8, 4) is 0 Å². The van der Waals surface area contributed by atoms with Crippen LogP contribution in [0.25, 0.3) is 0 Å². The van der Waals surface area contributed by atoms with Gasteiger partial charge < -0.3 is 13.3 Å². The lowest BCUT2D eigenvalue weighted by molar-refractivity contribution is -0.0385. The molecule has 0 amide bonds. The molecule has 0 aliphatic heterocycles. The van der Waals surface area contributed by atoms with Crippen LogP contribution < -0.4 is 0 Å². The first kappa shape index (κ1) is 45.8. The van der Waals surface area contributed by atoms with Crippen LogP contribution >= 0.6 is 11.8 Å². The molecule has 7 heteroatoms. The molecular formula is C46H86O3SSi3. The fraction of sp³-hybridized carbons (Fsp3) is 0.870. The topological polar surface area (TPSA) is 27.7 Å². The van der Waals surface area contributed by atoms with Gasteiger partial charge in [-0.05, 0) is 135 Å². The van der Waals surface area contributed by atoms with Gasteiger partial charge in [-0.15, -0.1) is 0 Å². The van der Waals surface area contributed by atoms with Gasteiger partial charge in [0.05, 0.1) is 17.8 Å². The molecule has 0 bridgehead atoms. The van der Waals surface area contributed by atoms with Crippen molar-refractivity contribution in [1.82, 2.24) is 0 Å². The predicted molar refractivity (Wildman–Crippen MR) is 243 cm³/mol. The third-order valence-corrected chi connectivity index (χ3v) is 31.5. The first-order valence-electron chi connectivity index (χ1n) is 22.2. The fourth-order valence-electron chi connectivity index (χ4n) is 10.2. The highest BCUT2D eigenvalue weighted by Gasteiger charge is 2.59. The Kier molecular flexibility index (Phi) is 14.5. The van der Waals surface area contributed by atoms with Gasteiger partial charge in [0.2, 0.25) is 0 Å². The summed E-state index contributed by atoms with van der Waals surface area (Å²) < 4.78 is 22.0. The summed E-state index contributed by atoms with van der Waals surface area (Å²) in [6.07, 6.45) is 18.9. The van der Waals surface area contributed by atoms with Crippen LogP contribution in [0.4, 0.5) is 0 Å². The van der Waals surface area contributed by atoms with E-state index in [1.807, 2.05) is 0 Å². The fourth-order valence-corrected chi connectivity index (χ4v) is 17.4. The lowest BCUT2D eigenvalue weighted by Crippen LogP contribution is -2.58. The molecule has 4 rings (SSSR count). The molecule has 6 atom stereocenters. The Morgan fingerprint density at radius 1 is 0.811 bits per heavy atom. The zero-order valence-electron chi connectivity index (χ0n) is 38.1. The van der Waals surface area contributed by atoms with Gasteiger partial charge in [-0.2, -0.15) is 11.8 Å². The minimum absolute atomic E-state index is 0.0343. The van der Waals surface area contributed by atoms with Gasteiger partial charge in [0, 0.05) is 11.2 Å². The number of hydrogen-bond donors (Lipinski definition) is 0. The van der Waals surface area contributed by atoms with Crippen LogP contribution in [0.15, 0.2) is 34.9 Å². The Hall–Kier alpha value is 0.101. The summed E-state index contributed by atoms with van der Waals surface area (Å²) in [7, 11) is -5.56. The highest BCUT2D eigenvalue weighted by Crippen LogP contribution is 2.65. The van der Waals surface area contributed by atoms with Crippen molar-refractivity contribution in [1.29, 1.82) is 0 Å². The van der Waals surface area contributed by atoms with E-state index in [4.69, 9.17) is 13.3 Å². The first-order chi connectivity index (χ1) is 24.4. The zero-order chi connectivity index (χ0) is 39.9. The summed E-state index contributed by atoms with van der Waals surface area (Å²) in [6, 6.07) is 3.73. The van der Waals surface area contributed by atoms with Gasteiger partial charge >= 0.3 is 0 Å². The number of hydrogen-bond acceptors (Lipinski definition) is 4. The smallest absolute Gasteiger partial charge is 0.192 e. The van der Waals surface area contributed by atoms with Gasteiger partial charge in [0.15, 0.2) is 25.0 Å². The van der Waals surface area contributed by atoms with Gasteiger partial charge in [0.1, 0.15) is 0 Å². The number of thioether (sulfide) groups is 1. The third-order valence-electron chi connectivity index (χ3n) is 16.7. The highest BCUT2D eigenvalue weighted by molar-refractivity contribution is 7.99. The number of rotatable bonds is 17. The molecule has 0 aromatic carbocycles. The molecule has 0 heterocycles. The second-order valence-corrected chi connectivity index (χ2v) is 36.7. The van der Waals surface area contributed by atoms with E-state index in [1.165, 1.54) is 61.7 Å². The largest absolute Gasteiger partial charge is 0.414 e. The van der Waals surface area contributed by atoms with E-state index in [-0.39, 0.29) is 38.7 Å². The van der Waals surface area contributed by atoms with Crippen molar-refractivity contribution in [3.05, 3.63) is 34.9 Å². The van der Waals surface area contributed by atoms with Crippen LogP contribution in [0.3, 0.4) is 0 Å². The molecule has 53 heavy (non-hydrogen) atoms. The van der Waals surface area contributed by atoms with E-state index in [0.29, 0.717) is 11.8 Å². The van der Waals surface area contributed by atoms with E-state index in [1.54, 1.807) is 16.7 Å². The van der Waals surface area contributed by atoms with E-state index in [9.17, 15) is 0 Å². The summed E-state index contributed by atoms with van der Waals surface area (Å²) in [5.41, 5.74) is 5.46. The molecule has 0 spiro atoms. The van der Waals surface area contributed by atoms with Crippen LogP contribution in [-0.2, 0) is 13.3 Å². The average molecular weight is 804 g/mol. The Morgan fingerprint density at radius 3 is 1.94 bits per heavy atom. The maximum atomic E-state index is 7.60. The molecule has 4 aliphatic carbocycles. The van der Waals surface area contributed by atoms with Crippen molar-refractivity contribution in [2.75, 3.05) is 11.5 Å². The Morgan fingerprint density at radius 2 is 1.40 bits per heavy atom. The lowest BCUT2D eigenvalue weighted by Gasteiger charge is -2.59. The Labute approximate surface area is 337 Å². The molecule has 2 fully saturated rings. The summed E-state index contributed by atoms with van der Waals surface area (Å²) in [6.45, 7) is 41.2. The van der Waals surface area contributed by atoms with Gasteiger partial charge in [0.25, 0.3) is 0 Å². The molecule has 0 saturated heterocycles. The molecule has 306 valence electrons. The van der Waals surface area contributed by atoms with Crippen LogP contribution in [-0.4, -0.2) is 54.3 Å². The number of allylic oxidation sites excluding steroid dienone is 4. The normalized spacial score (nSPS) is 29.9. The first-order valence-corrected chi connectivity index (χ1v) is 31.7. The van der Waals surface area contributed by atoms with Gasteiger partial charge in [-0.3, -0.25) is 0 Å². The summed E-state index contributed by atoms with van der Waals surface area (Å²) in [5, 5.41) is 0.378. The molecule has 0 radical (unpaired) electrons. The van der Waals surface area contributed by atoms with E-state index < -0.39 is 25.0 Å². The quantitative estimate of drug-likeness (QED) is 0.0832. The van der Waals surface area contributed by atoms with Crippen LogP contribution in [0.5, 0.6) is 0 Å². The molecule has 0 aromatic heterocycles. The monoisotopic (exact) mass is 803 g/mol. The SMILES string of the molecule is CCC(CC)(CCCSCC1=CC[C@H]2C3=CC=C4C[C@@H](O[Si](C)(C)C(C)(C)C)C[C@H](O[Si](C)(C)C(C)(C)C)[C@]4(C)[C@H]3CC[C@]12C)O[Si](CC)(CC)CC. The minimum atomic E-state index is -2.02. The summed E-state index contributed by atoms with van der Waals surface area (Å²) in [5.74, 6) is 3.61. The second-order valence-electron chi connectivity index (χ2n) is 21.4. The standard InChI is InChI=1S/C46H86O3SSi3/c1-18-46(19-2,49-53(20-3,21-4)22-5)29-23-31-50-34-36-25-27-39-38-26-24-35-32-37(47-51(14,15)42(6,7)8)33-41(48-52(16,17)43(9,10)11)45(35,13)40(38)28-30-44(36,39)12/h24-26,37,39-41H,18-23,27-34H2,1-17H3/t37-,39+,40+,41+,44-,45+/m1/s1. The number of fused-ring (bicyclic) bond motifs is 5. The molecule has 3 nitrogen and oxygen atoms in total. The molecule has 0 unspecified atom stereocenters. The van der Waals surface area contributed by atoms with Crippen LogP contribution in [0.1, 0.15) is 148 Å². The summed E-state index contributed by atoms with van der Waals surface area (Å²) >= 11 is 2.19. The van der Waals surface area contributed by atoms with E-state index >= 15 is 0 Å². The van der Waals surface area contributed by atoms with Crippen LogP contribution in [0, 0.1) is 22.7 Å². The maximum absolute atomic E-state index is 7.60. The third kappa shape index (κ3) is 9.07. The van der Waals surface area contributed by atoms with Gasteiger partial charge in [-0.1, -0.05) is 125 Å². The maximum Gasteiger partial charge on any atom is 0.192 e. The average Bonchev–Trinajstić information content (AvgIpc) is 3.41. The summed E-state index contributed by atoms with van der Waals surface area (Å²) in [4.78, 5) is 0. The lowest BCUT2D eigenvalue weighted by atomic mass is 9.50. The zero-order valence-corrected chi connectivity index (χ0v) is 41.9. The molecule has 4 aliphatic rings. The molecular weight excluding hydrogens is 717 g/mol. The van der Waals surface area contributed by atoms with Crippen molar-refractivity contribution in [2.24, 2.45) is 22.7 Å². The van der Waals surface area contributed by atoms with Crippen molar-refractivity contribution < 1.29 is 13.3 Å². The minimum Gasteiger partial charge on any atom is -0.414 e. The van der Waals surface area contributed by atoms with E-state index in [2.05, 4.69) is 146 Å². The molecule has 0 N–H and O–H groups in total. The van der Waals surface area contributed by atoms with Gasteiger partial charge in [-0.25, -0.2) is 0 Å². The van der Waals surface area contributed by atoms with Crippen molar-refractivity contribution >= 4 is 36.7 Å². The molecule has 2 saturated carbocycles. The van der Waals surface area contributed by atoms with E-state index in [0.717, 1.165) is 25.7 Å². The van der Waals surface area contributed by atoms with Crippen molar-refractivity contribution in [3.63, 3.8) is 0 Å².